The van der Waals surface area contributed by atoms with Gasteiger partial charge in [0, 0.05) is 31.0 Å². The van der Waals surface area contributed by atoms with Gasteiger partial charge in [0.15, 0.2) is 0 Å². The van der Waals surface area contributed by atoms with E-state index in [1.165, 1.54) is 0 Å². The van der Waals surface area contributed by atoms with Crippen molar-refractivity contribution in [2.75, 3.05) is 13.2 Å². The van der Waals surface area contributed by atoms with Crippen molar-refractivity contribution in [3.63, 3.8) is 0 Å². The molecule has 0 bridgehead atoms. The SMILES string of the molecule is Cc1nc(CCO)ccc1CCO. The van der Waals surface area contributed by atoms with Gasteiger partial charge in [-0.25, -0.2) is 0 Å². The van der Waals surface area contributed by atoms with Crippen LogP contribution in [0.5, 0.6) is 0 Å². The number of rotatable bonds is 4. The molecule has 0 saturated heterocycles. The Morgan fingerprint density at radius 2 is 1.85 bits per heavy atom. The van der Waals surface area contributed by atoms with E-state index < -0.39 is 0 Å². The fourth-order valence-electron chi connectivity index (χ4n) is 1.28. The average molecular weight is 181 g/mol. The molecule has 1 heterocycles. The topological polar surface area (TPSA) is 53.4 Å². The summed E-state index contributed by atoms with van der Waals surface area (Å²) in [6.45, 7) is 2.21. The predicted molar refractivity (Wildman–Crippen MR) is 50.6 cm³/mol. The monoisotopic (exact) mass is 181 g/mol. The van der Waals surface area contributed by atoms with Crippen LogP contribution in [-0.2, 0) is 12.8 Å². The van der Waals surface area contributed by atoms with Gasteiger partial charge in [0.1, 0.15) is 0 Å². The maximum Gasteiger partial charge on any atom is 0.0486 e. The summed E-state index contributed by atoms with van der Waals surface area (Å²) in [7, 11) is 0. The van der Waals surface area contributed by atoms with Crippen molar-refractivity contribution < 1.29 is 10.2 Å². The smallest absolute Gasteiger partial charge is 0.0486 e. The first kappa shape index (κ1) is 10.2. The van der Waals surface area contributed by atoms with Crippen LogP contribution in [0.2, 0.25) is 0 Å². The molecule has 0 unspecified atom stereocenters. The van der Waals surface area contributed by atoms with E-state index in [1.807, 2.05) is 19.1 Å². The zero-order valence-corrected chi connectivity index (χ0v) is 7.82. The van der Waals surface area contributed by atoms with Gasteiger partial charge in [-0.15, -0.1) is 0 Å². The third-order valence-corrected chi connectivity index (χ3v) is 2.00. The van der Waals surface area contributed by atoms with Crippen molar-refractivity contribution >= 4 is 0 Å². The molecule has 0 spiro atoms. The van der Waals surface area contributed by atoms with E-state index in [9.17, 15) is 0 Å². The highest BCUT2D eigenvalue weighted by Gasteiger charge is 2.00. The highest BCUT2D eigenvalue weighted by atomic mass is 16.3. The van der Waals surface area contributed by atoms with E-state index in [0.717, 1.165) is 17.0 Å². The predicted octanol–water partition coefficient (Wildman–Crippen LogP) is 0.460. The fourth-order valence-corrected chi connectivity index (χ4v) is 1.28. The molecule has 0 aliphatic carbocycles. The standard InChI is InChI=1S/C10H15NO2/c1-8-9(4-6-12)2-3-10(11-8)5-7-13/h2-3,12-13H,4-7H2,1H3. The lowest BCUT2D eigenvalue weighted by atomic mass is 10.1. The molecule has 0 aliphatic heterocycles. The molecular formula is C10H15NO2. The summed E-state index contributed by atoms with van der Waals surface area (Å²) < 4.78 is 0. The molecule has 0 saturated carbocycles. The van der Waals surface area contributed by atoms with Crippen LogP contribution in [0.25, 0.3) is 0 Å². The number of nitrogens with zero attached hydrogens (tertiary/aromatic N) is 1. The van der Waals surface area contributed by atoms with E-state index >= 15 is 0 Å². The van der Waals surface area contributed by atoms with Gasteiger partial charge in [0.05, 0.1) is 0 Å². The minimum Gasteiger partial charge on any atom is -0.396 e. The Kier molecular flexibility index (Phi) is 3.86. The largest absolute Gasteiger partial charge is 0.396 e. The third-order valence-electron chi connectivity index (χ3n) is 2.00. The second-order valence-electron chi connectivity index (χ2n) is 2.99. The number of hydrogen-bond donors (Lipinski definition) is 2. The number of aliphatic hydroxyl groups is 2. The van der Waals surface area contributed by atoms with Gasteiger partial charge in [-0.1, -0.05) is 6.07 Å². The van der Waals surface area contributed by atoms with Crippen LogP contribution >= 0.6 is 0 Å². The van der Waals surface area contributed by atoms with Crippen LogP contribution < -0.4 is 0 Å². The summed E-state index contributed by atoms with van der Waals surface area (Å²) in [5.74, 6) is 0. The lowest BCUT2D eigenvalue weighted by Gasteiger charge is -2.05. The number of hydrogen-bond acceptors (Lipinski definition) is 3. The molecule has 1 aromatic rings. The summed E-state index contributed by atoms with van der Waals surface area (Å²) in [6.07, 6.45) is 1.25. The number of aromatic nitrogens is 1. The molecule has 1 aromatic heterocycles. The highest BCUT2D eigenvalue weighted by molar-refractivity contribution is 5.22. The van der Waals surface area contributed by atoms with E-state index in [4.69, 9.17) is 10.2 Å². The molecule has 72 valence electrons. The van der Waals surface area contributed by atoms with Crippen molar-refractivity contribution in [2.24, 2.45) is 0 Å². The maximum atomic E-state index is 8.75. The number of pyridine rings is 1. The lowest BCUT2D eigenvalue weighted by Crippen LogP contribution is -2.01. The van der Waals surface area contributed by atoms with Crippen LogP contribution in [-0.4, -0.2) is 28.4 Å². The van der Waals surface area contributed by atoms with Crippen LogP contribution in [0.3, 0.4) is 0 Å². The van der Waals surface area contributed by atoms with Crippen LogP contribution in [0.4, 0.5) is 0 Å². The molecule has 0 radical (unpaired) electrons. The summed E-state index contributed by atoms with van der Waals surface area (Å²) in [4.78, 5) is 4.31. The van der Waals surface area contributed by atoms with Gasteiger partial charge < -0.3 is 10.2 Å². The van der Waals surface area contributed by atoms with Gasteiger partial charge in [-0.3, -0.25) is 4.98 Å². The minimum absolute atomic E-state index is 0.131. The molecule has 3 heteroatoms. The van der Waals surface area contributed by atoms with Crippen molar-refractivity contribution in [3.8, 4) is 0 Å². The van der Waals surface area contributed by atoms with Crippen molar-refractivity contribution in [1.29, 1.82) is 0 Å². The molecule has 0 atom stereocenters. The molecule has 0 aromatic carbocycles. The Morgan fingerprint density at radius 3 is 2.38 bits per heavy atom. The Morgan fingerprint density at radius 1 is 1.15 bits per heavy atom. The third kappa shape index (κ3) is 2.79. The molecule has 0 fully saturated rings. The van der Waals surface area contributed by atoms with Gasteiger partial charge in [0.2, 0.25) is 0 Å². The maximum absolute atomic E-state index is 8.75. The lowest BCUT2D eigenvalue weighted by molar-refractivity contribution is 0.296. The second kappa shape index (κ2) is 4.94. The van der Waals surface area contributed by atoms with Crippen LogP contribution in [0.1, 0.15) is 17.0 Å². The molecule has 0 amide bonds. The summed E-state index contributed by atoms with van der Waals surface area (Å²) in [5.41, 5.74) is 2.92. The zero-order chi connectivity index (χ0) is 9.68. The van der Waals surface area contributed by atoms with E-state index in [-0.39, 0.29) is 13.2 Å². The first-order chi connectivity index (χ1) is 6.27. The van der Waals surface area contributed by atoms with Gasteiger partial charge >= 0.3 is 0 Å². The summed E-state index contributed by atoms with van der Waals surface area (Å²) in [6, 6.07) is 3.86. The van der Waals surface area contributed by atoms with Crippen molar-refractivity contribution in [3.05, 3.63) is 29.1 Å². The Balaban J connectivity index is 2.79. The number of aryl methyl sites for hydroxylation is 1. The zero-order valence-electron chi connectivity index (χ0n) is 7.82. The summed E-state index contributed by atoms with van der Waals surface area (Å²) in [5, 5.41) is 17.5. The van der Waals surface area contributed by atoms with Crippen molar-refractivity contribution in [2.45, 2.75) is 19.8 Å². The molecule has 1 rings (SSSR count). The van der Waals surface area contributed by atoms with Crippen LogP contribution in [0.15, 0.2) is 12.1 Å². The normalized spacial score (nSPS) is 10.4. The quantitative estimate of drug-likeness (QED) is 0.709. The Hall–Kier alpha value is -0.930. The Labute approximate surface area is 78.1 Å². The first-order valence-electron chi connectivity index (χ1n) is 4.45. The van der Waals surface area contributed by atoms with E-state index in [2.05, 4.69) is 4.98 Å². The summed E-state index contributed by atoms with van der Waals surface area (Å²) >= 11 is 0. The first-order valence-corrected chi connectivity index (χ1v) is 4.45. The molecule has 0 aliphatic rings. The van der Waals surface area contributed by atoms with E-state index in [1.54, 1.807) is 0 Å². The fraction of sp³-hybridized carbons (Fsp3) is 0.500. The Bertz CT molecular complexity index is 274. The molecule has 2 N–H and O–H groups in total. The van der Waals surface area contributed by atoms with Gasteiger partial charge in [0.25, 0.3) is 0 Å². The molecule has 13 heavy (non-hydrogen) atoms. The second-order valence-corrected chi connectivity index (χ2v) is 2.99. The number of aliphatic hydroxyl groups excluding tert-OH is 2. The molecular weight excluding hydrogens is 166 g/mol. The van der Waals surface area contributed by atoms with Gasteiger partial charge in [-0.05, 0) is 25.0 Å². The van der Waals surface area contributed by atoms with Crippen molar-refractivity contribution in [1.82, 2.24) is 4.98 Å². The van der Waals surface area contributed by atoms with E-state index in [0.29, 0.717) is 12.8 Å². The highest BCUT2D eigenvalue weighted by Crippen LogP contribution is 2.07. The van der Waals surface area contributed by atoms with Gasteiger partial charge in [-0.2, -0.15) is 0 Å². The van der Waals surface area contributed by atoms with Crippen LogP contribution in [0, 0.1) is 6.92 Å². The molecule has 3 nitrogen and oxygen atoms in total. The minimum atomic E-state index is 0.131. The average Bonchev–Trinajstić information content (AvgIpc) is 2.10.